The van der Waals surface area contributed by atoms with Crippen molar-refractivity contribution < 1.29 is 5.11 Å². The number of thiazole rings is 1. The third-order valence-electron chi connectivity index (χ3n) is 5.34. The van der Waals surface area contributed by atoms with Crippen LogP contribution in [-0.4, -0.2) is 38.7 Å². The van der Waals surface area contributed by atoms with Crippen molar-refractivity contribution >= 4 is 34.4 Å². The number of hydrogen-bond donors (Lipinski definition) is 2. The molecule has 9 heteroatoms. The van der Waals surface area contributed by atoms with Crippen molar-refractivity contribution in [2.45, 2.75) is 25.9 Å². The lowest BCUT2D eigenvalue weighted by Gasteiger charge is -2.26. The fourth-order valence-corrected chi connectivity index (χ4v) is 4.44. The van der Waals surface area contributed by atoms with Gasteiger partial charge in [-0.25, -0.2) is 15.0 Å². The molecule has 0 spiro atoms. The minimum Gasteiger partial charge on any atom is -0.398 e. The molecule has 0 radical (unpaired) electrons. The lowest BCUT2D eigenvalue weighted by Crippen LogP contribution is -2.33. The molecule has 4 heterocycles. The van der Waals surface area contributed by atoms with E-state index in [2.05, 4.69) is 20.9 Å². The van der Waals surface area contributed by atoms with E-state index in [4.69, 9.17) is 22.3 Å². The van der Waals surface area contributed by atoms with Gasteiger partial charge in [-0.2, -0.15) is 5.26 Å². The first-order valence-electron chi connectivity index (χ1n) is 9.52. The molecule has 154 valence electrons. The molecular weight excluding hydrogens is 420 g/mol. The minimum atomic E-state index is -0.762. The van der Waals surface area contributed by atoms with Gasteiger partial charge in [0, 0.05) is 35.6 Å². The number of nitrogens with zero attached hydrogens (tertiary/aromatic N) is 5. The highest BCUT2D eigenvalue weighted by Gasteiger charge is 2.34. The van der Waals surface area contributed by atoms with Crippen LogP contribution < -0.4 is 10.6 Å². The van der Waals surface area contributed by atoms with E-state index in [0.29, 0.717) is 45.2 Å². The number of aromatic nitrogens is 3. The van der Waals surface area contributed by atoms with Crippen molar-refractivity contribution in [1.82, 2.24) is 15.0 Å². The summed E-state index contributed by atoms with van der Waals surface area (Å²) in [4.78, 5) is 15.8. The Hall–Kier alpha value is -2.73. The van der Waals surface area contributed by atoms with Crippen LogP contribution in [0.25, 0.3) is 22.1 Å². The van der Waals surface area contributed by atoms with Gasteiger partial charge in [0.25, 0.3) is 0 Å². The van der Waals surface area contributed by atoms with Crippen molar-refractivity contribution in [2.75, 3.05) is 23.7 Å². The van der Waals surface area contributed by atoms with Crippen LogP contribution in [0.1, 0.15) is 25.8 Å². The van der Waals surface area contributed by atoms with Gasteiger partial charge in [0.1, 0.15) is 33.8 Å². The van der Waals surface area contributed by atoms with Gasteiger partial charge < -0.3 is 15.7 Å². The predicted molar refractivity (Wildman–Crippen MR) is 119 cm³/mol. The van der Waals surface area contributed by atoms with Crippen molar-refractivity contribution in [2.24, 2.45) is 5.92 Å². The average molecular weight is 441 g/mol. The Labute approximate surface area is 183 Å². The van der Waals surface area contributed by atoms with E-state index in [-0.39, 0.29) is 11.5 Å². The number of hydrogen-bond acceptors (Lipinski definition) is 8. The van der Waals surface area contributed by atoms with Gasteiger partial charge in [0.2, 0.25) is 0 Å². The second-order valence-corrected chi connectivity index (χ2v) is 9.21. The highest BCUT2D eigenvalue weighted by Crippen LogP contribution is 2.35. The van der Waals surface area contributed by atoms with Gasteiger partial charge in [-0.1, -0.05) is 11.6 Å². The Bertz CT molecular complexity index is 1120. The molecule has 1 aliphatic rings. The molecule has 1 fully saturated rings. The molecule has 0 amide bonds. The zero-order valence-electron chi connectivity index (χ0n) is 16.6. The lowest BCUT2D eigenvalue weighted by molar-refractivity contribution is 0.0263. The van der Waals surface area contributed by atoms with Gasteiger partial charge >= 0.3 is 0 Å². The zero-order valence-corrected chi connectivity index (χ0v) is 18.2. The normalized spacial score (nSPS) is 16.6. The number of nitrogen functional groups attached to an aromatic ring is 1. The van der Waals surface area contributed by atoms with Gasteiger partial charge in [-0.15, -0.1) is 11.3 Å². The molecule has 30 heavy (non-hydrogen) atoms. The van der Waals surface area contributed by atoms with Crippen LogP contribution in [-0.2, 0) is 0 Å². The van der Waals surface area contributed by atoms with E-state index in [9.17, 15) is 10.4 Å². The molecule has 1 atom stereocenters. The maximum absolute atomic E-state index is 10.4. The lowest BCUT2D eigenvalue weighted by atomic mass is 9.90. The summed E-state index contributed by atoms with van der Waals surface area (Å²) in [5.74, 6) is 0.826. The molecule has 3 aromatic heterocycles. The largest absolute Gasteiger partial charge is 0.398 e. The van der Waals surface area contributed by atoms with E-state index in [1.165, 1.54) is 11.3 Å². The zero-order chi connectivity index (χ0) is 21.5. The standard InChI is InChI=1S/C21H21ClN6OS/c1-21(2,29)12-3-5-28(11-12)18-8-13(22)7-16(26-18)19-14(10-23)15(24)9-17(27-19)20-25-4-6-30-20/h4,6-9,12,29H,3,5,11H2,1-2H3,(H2,24,27). The van der Waals surface area contributed by atoms with E-state index < -0.39 is 5.60 Å². The van der Waals surface area contributed by atoms with Crippen LogP contribution in [0.2, 0.25) is 5.02 Å². The fourth-order valence-electron chi connectivity index (χ4n) is 3.64. The first kappa shape index (κ1) is 20.5. The smallest absolute Gasteiger partial charge is 0.141 e. The van der Waals surface area contributed by atoms with Gasteiger partial charge in [0.05, 0.1) is 17.0 Å². The molecule has 1 saturated heterocycles. The first-order valence-corrected chi connectivity index (χ1v) is 10.8. The highest BCUT2D eigenvalue weighted by atomic mass is 35.5. The molecule has 0 aliphatic carbocycles. The molecule has 0 saturated carbocycles. The number of nitrogens with two attached hydrogens (primary N) is 1. The second-order valence-electron chi connectivity index (χ2n) is 7.88. The second kappa shape index (κ2) is 7.84. The summed E-state index contributed by atoms with van der Waals surface area (Å²) in [5.41, 5.74) is 7.41. The first-order chi connectivity index (χ1) is 14.3. The van der Waals surface area contributed by atoms with Gasteiger partial charge in [-0.3, -0.25) is 0 Å². The fraction of sp³-hybridized carbons (Fsp3) is 0.333. The Morgan fingerprint density at radius 1 is 1.30 bits per heavy atom. The topological polar surface area (TPSA) is 112 Å². The molecule has 3 aromatic rings. The third kappa shape index (κ3) is 3.97. The summed E-state index contributed by atoms with van der Waals surface area (Å²) in [5, 5.41) is 23.1. The number of halogens is 1. The van der Waals surface area contributed by atoms with Crippen LogP contribution in [0.15, 0.2) is 29.8 Å². The molecule has 0 aromatic carbocycles. The molecule has 0 bridgehead atoms. The predicted octanol–water partition coefficient (Wildman–Crippen LogP) is 3.97. The summed E-state index contributed by atoms with van der Waals surface area (Å²) >= 11 is 7.85. The van der Waals surface area contributed by atoms with E-state index in [1.54, 1.807) is 24.4 Å². The summed E-state index contributed by atoms with van der Waals surface area (Å²) in [6.45, 7) is 5.10. The molecular formula is C21H21ClN6OS. The maximum Gasteiger partial charge on any atom is 0.141 e. The average Bonchev–Trinajstić information content (AvgIpc) is 3.38. The Kier molecular flexibility index (Phi) is 5.36. The number of pyridine rings is 2. The maximum atomic E-state index is 10.4. The van der Waals surface area contributed by atoms with Gasteiger partial charge in [-0.05, 0) is 38.5 Å². The minimum absolute atomic E-state index is 0.137. The van der Waals surface area contributed by atoms with Crippen molar-refractivity contribution in [3.05, 3.63) is 40.4 Å². The molecule has 1 unspecified atom stereocenters. The summed E-state index contributed by atoms with van der Waals surface area (Å²) in [7, 11) is 0. The van der Waals surface area contributed by atoms with Crippen LogP contribution >= 0.6 is 22.9 Å². The number of nitriles is 1. The molecule has 1 aliphatic heterocycles. The van der Waals surface area contributed by atoms with E-state index in [1.807, 2.05) is 19.2 Å². The monoisotopic (exact) mass is 440 g/mol. The number of aliphatic hydroxyl groups is 1. The Morgan fingerprint density at radius 3 is 2.73 bits per heavy atom. The number of rotatable bonds is 4. The van der Waals surface area contributed by atoms with Crippen molar-refractivity contribution in [3.63, 3.8) is 0 Å². The molecule has 3 N–H and O–H groups in total. The Morgan fingerprint density at radius 2 is 2.10 bits per heavy atom. The number of anilines is 2. The van der Waals surface area contributed by atoms with Crippen molar-refractivity contribution in [1.29, 1.82) is 5.26 Å². The van der Waals surface area contributed by atoms with Crippen LogP contribution in [0.4, 0.5) is 11.5 Å². The van der Waals surface area contributed by atoms with E-state index >= 15 is 0 Å². The molecule has 4 rings (SSSR count). The Balaban J connectivity index is 1.78. The van der Waals surface area contributed by atoms with E-state index in [0.717, 1.165) is 13.0 Å². The van der Waals surface area contributed by atoms with Gasteiger partial charge in [0.15, 0.2) is 0 Å². The third-order valence-corrected chi connectivity index (χ3v) is 6.36. The highest BCUT2D eigenvalue weighted by molar-refractivity contribution is 7.13. The summed E-state index contributed by atoms with van der Waals surface area (Å²) in [6.07, 6.45) is 2.55. The summed E-state index contributed by atoms with van der Waals surface area (Å²) < 4.78 is 0. The molecule has 7 nitrogen and oxygen atoms in total. The summed E-state index contributed by atoms with van der Waals surface area (Å²) in [6, 6.07) is 7.26. The van der Waals surface area contributed by atoms with Crippen molar-refractivity contribution in [3.8, 4) is 28.2 Å². The SMILES string of the molecule is CC(C)(O)C1CCN(c2cc(Cl)cc(-c3nc(-c4nccs4)cc(N)c3C#N)n2)C1. The quantitative estimate of drug-likeness (QED) is 0.631. The van der Waals surface area contributed by atoms with Crippen LogP contribution in [0.3, 0.4) is 0 Å². The van der Waals surface area contributed by atoms with Crippen LogP contribution in [0, 0.1) is 17.2 Å². The van der Waals surface area contributed by atoms with Crippen LogP contribution in [0.5, 0.6) is 0 Å².